The normalized spacial score (nSPS) is 13.4. The molecule has 6 nitrogen and oxygen atoms in total. The first-order valence-electron chi connectivity index (χ1n) is 7.99. The van der Waals surface area contributed by atoms with Crippen LogP contribution < -0.4 is 10.6 Å². The molecule has 2 N–H and O–H groups in total. The first-order valence-corrected chi connectivity index (χ1v) is 7.99. The van der Waals surface area contributed by atoms with Gasteiger partial charge in [0.15, 0.2) is 0 Å². The molecule has 0 aliphatic carbocycles. The number of benzene rings is 1. The Labute approximate surface area is 151 Å². The van der Waals surface area contributed by atoms with E-state index in [2.05, 4.69) is 10.1 Å². The molecule has 0 radical (unpaired) electrons. The second-order valence-electron chi connectivity index (χ2n) is 6.16. The van der Waals surface area contributed by atoms with Gasteiger partial charge in [0.1, 0.15) is 0 Å². The molecule has 3 aromatic rings. The van der Waals surface area contributed by atoms with Crippen molar-refractivity contribution in [2.75, 3.05) is 17.2 Å². The van der Waals surface area contributed by atoms with Crippen molar-refractivity contribution in [2.45, 2.75) is 26.7 Å². The summed E-state index contributed by atoms with van der Waals surface area (Å²) in [5.74, 6) is -0.0663. The molecule has 130 valence electrons. The Bertz CT molecular complexity index is 967. The molecule has 0 saturated carbocycles. The van der Waals surface area contributed by atoms with Crippen molar-refractivity contribution < 1.29 is 9.32 Å². The van der Waals surface area contributed by atoms with Crippen LogP contribution in [0.3, 0.4) is 0 Å². The van der Waals surface area contributed by atoms with Gasteiger partial charge in [-0.25, -0.2) is 4.98 Å². The van der Waals surface area contributed by atoms with E-state index in [0.717, 1.165) is 35.5 Å². The van der Waals surface area contributed by atoms with Gasteiger partial charge in [0.25, 0.3) is 11.6 Å². The number of rotatable bonds is 1. The zero-order valence-electron chi connectivity index (χ0n) is 14.1. The van der Waals surface area contributed by atoms with Gasteiger partial charge in [-0.3, -0.25) is 4.79 Å². The Morgan fingerprint density at radius 1 is 1.32 bits per heavy atom. The van der Waals surface area contributed by atoms with E-state index < -0.39 is 0 Å². The maximum atomic E-state index is 13.3. The molecule has 0 fully saturated rings. The van der Waals surface area contributed by atoms with Crippen LogP contribution in [0.25, 0.3) is 11.1 Å². The van der Waals surface area contributed by atoms with Crippen LogP contribution >= 0.6 is 12.4 Å². The van der Waals surface area contributed by atoms with Gasteiger partial charge in [0.2, 0.25) is 0 Å². The Morgan fingerprint density at radius 2 is 2.12 bits per heavy atom. The zero-order valence-corrected chi connectivity index (χ0v) is 14.9. The van der Waals surface area contributed by atoms with Crippen LogP contribution in [-0.4, -0.2) is 22.6 Å². The molecule has 1 aliphatic rings. The first kappa shape index (κ1) is 17.2. The van der Waals surface area contributed by atoms with Crippen LogP contribution in [0.15, 0.2) is 28.8 Å². The van der Waals surface area contributed by atoms with Crippen molar-refractivity contribution in [1.82, 2.24) is 10.1 Å². The third-order valence-corrected chi connectivity index (χ3v) is 4.51. The number of nitrogen functional groups attached to an aromatic ring is 1. The minimum atomic E-state index is -0.0663. The van der Waals surface area contributed by atoms with Crippen LogP contribution in [0.4, 0.5) is 11.4 Å². The van der Waals surface area contributed by atoms with E-state index in [1.807, 2.05) is 32.0 Å². The van der Waals surface area contributed by atoms with E-state index in [4.69, 9.17) is 10.3 Å². The van der Waals surface area contributed by atoms with Gasteiger partial charge >= 0.3 is 0 Å². The highest BCUT2D eigenvalue weighted by atomic mass is 35.5. The standard InChI is InChI=1S/C18H18N4O2.ClH/c1-10-9-13(16-11(2)21-24-17(16)20-10)18(23)22-8-4-5-12-14(19)6-3-7-15(12)22;/h3,6-7,9H,4-5,8,19H2,1-2H3;1H. The predicted molar refractivity (Wildman–Crippen MR) is 99.4 cm³/mol. The molecule has 0 saturated heterocycles. The summed E-state index contributed by atoms with van der Waals surface area (Å²) in [7, 11) is 0. The molecular formula is C18H19ClN4O2. The Morgan fingerprint density at radius 3 is 2.92 bits per heavy atom. The molecule has 2 aromatic heterocycles. The fourth-order valence-corrected chi connectivity index (χ4v) is 3.39. The summed E-state index contributed by atoms with van der Waals surface area (Å²) >= 11 is 0. The van der Waals surface area contributed by atoms with E-state index in [1.54, 1.807) is 11.0 Å². The lowest BCUT2D eigenvalue weighted by Gasteiger charge is -2.30. The topological polar surface area (TPSA) is 85.2 Å². The van der Waals surface area contributed by atoms with Gasteiger partial charge in [-0.15, -0.1) is 12.4 Å². The highest BCUT2D eigenvalue weighted by molar-refractivity contribution is 6.14. The number of anilines is 2. The highest BCUT2D eigenvalue weighted by Gasteiger charge is 2.27. The molecule has 0 atom stereocenters. The lowest BCUT2D eigenvalue weighted by molar-refractivity contribution is 0.0986. The number of nitrogens with two attached hydrogens (primary N) is 1. The molecule has 0 spiro atoms. The summed E-state index contributed by atoms with van der Waals surface area (Å²) in [6.45, 7) is 4.33. The fraction of sp³-hybridized carbons (Fsp3) is 0.278. The van der Waals surface area contributed by atoms with Gasteiger partial charge in [-0.05, 0) is 50.5 Å². The number of carbonyl (C=O) groups excluding carboxylic acids is 1. The Balaban J connectivity index is 0.00000182. The lowest BCUT2D eigenvalue weighted by Crippen LogP contribution is -2.36. The molecule has 7 heteroatoms. The summed E-state index contributed by atoms with van der Waals surface area (Å²) in [5, 5.41) is 4.64. The van der Waals surface area contributed by atoms with E-state index in [1.165, 1.54) is 0 Å². The van der Waals surface area contributed by atoms with Crippen molar-refractivity contribution in [3.63, 3.8) is 0 Å². The van der Waals surface area contributed by atoms with Crippen molar-refractivity contribution in [3.05, 3.63) is 46.8 Å². The van der Waals surface area contributed by atoms with Gasteiger partial charge in [-0.1, -0.05) is 11.2 Å². The van der Waals surface area contributed by atoms with E-state index in [9.17, 15) is 4.79 Å². The summed E-state index contributed by atoms with van der Waals surface area (Å²) in [4.78, 5) is 19.4. The van der Waals surface area contributed by atoms with Gasteiger partial charge < -0.3 is 15.2 Å². The van der Waals surface area contributed by atoms with Crippen LogP contribution in [0, 0.1) is 13.8 Å². The first-order chi connectivity index (χ1) is 11.6. The second-order valence-corrected chi connectivity index (χ2v) is 6.16. The van der Waals surface area contributed by atoms with Crippen molar-refractivity contribution >= 4 is 40.8 Å². The second kappa shape index (κ2) is 6.37. The quantitative estimate of drug-likeness (QED) is 0.673. The third kappa shape index (κ3) is 2.72. The summed E-state index contributed by atoms with van der Waals surface area (Å²) < 4.78 is 5.24. The lowest BCUT2D eigenvalue weighted by atomic mass is 9.98. The van der Waals surface area contributed by atoms with E-state index in [0.29, 0.717) is 28.9 Å². The van der Waals surface area contributed by atoms with Gasteiger partial charge in [0, 0.05) is 23.6 Å². The largest absolute Gasteiger partial charge is 0.398 e. The molecule has 0 unspecified atom stereocenters. The van der Waals surface area contributed by atoms with Crippen molar-refractivity contribution in [2.24, 2.45) is 0 Å². The zero-order chi connectivity index (χ0) is 16.8. The highest BCUT2D eigenvalue weighted by Crippen LogP contribution is 2.33. The number of halogens is 1. The molecule has 1 amide bonds. The molecule has 0 bridgehead atoms. The number of carbonyl (C=O) groups is 1. The van der Waals surface area contributed by atoms with Crippen molar-refractivity contribution in [1.29, 1.82) is 0 Å². The van der Waals surface area contributed by atoms with Gasteiger partial charge in [-0.2, -0.15) is 0 Å². The molecule has 1 aliphatic heterocycles. The number of amides is 1. The smallest absolute Gasteiger partial charge is 0.259 e. The van der Waals surface area contributed by atoms with Crippen LogP contribution in [0.2, 0.25) is 0 Å². The Kier molecular flexibility index (Phi) is 4.39. The molecule has 1 aromatic carbocycles. The number of hydrogen-bond donors (Lipinski definition) is 1. The number of fused-ring (bicyclic) bond motifs is 2. The van der Waals surface area contributed by atoms with Crippen LogP contribution in [-0.2, 0) is 6.42 Å². The predicted octanol–water partition coefficient (Wildman–Crippen LogP) is 3.44. The average Bonchev–Trinajstić information content (AvgIpc) is 2.94. The molecule has 4 rings (SSSR count). The van der Waals surface area contributed by atoms with E-state index >= 15 is 0 Å². The number of aryl methyl sites for hydroxylation is 2. The van der Waals surface area contributed by atoms with E-state index in [-0.39, 0.29) is 18.3 Å². The summed E-state index contributed by atoms with van der Waals surface area (Å²) in [6.07, 6.45) is 1.78. The minimum absolute atomic E-state index is 0. The summed E-state index contributed by atoms with van der Waals surface area (Å²) in [6, 6.07) is 7.52. The maximum absolute atomic E-state index is 13.3. The SMILES string of the molecule is Cc1cc(C(=O)N2CCCc3c(N)cccc32)c2c(C)noc2n1.Cl. The number of hydrogen-bond acceptors (Lipinski definition) is 5. The third-order valence-electron chi connectivity index (χ3n) is 4.51. The molecule has 3 heterocycles. The Hall–Kier alpha value is -2.60. The van der Waals surface area contributed by atoms with Gasteiger partial charge in [0.05, 0.1) is 16.6 Å². The number of pyridine rings is 1. The molecular weight excluding hydrogens is 340 g/mol. The molecule has 25 heavy (non-hydrogen) atoms. The minimum Gasteiger partial charge on any atom is -0.398 e. The van der Waals surface area contributed by atoms with Crippen LogP contribution in [0.1, 0.15) is 33.7 Å². The number of aromatic nitrogens is 2. The monoisotopic (exact) mass is 358 g/mol. The maximum Gasteiger partial charge on any atom is 0.259 e. The van der Waals surface area contributed by atoms with Crippen molar-refractivity contribution in [3.8, 4) is 0 Å². The summed E-state index contributed by atoms with van der Waals surface area (Å²) in [5.41, 5.74) is 11.1. The number of nitrogens with zero attached hydrogens (tertiary/aromatic N) is 3. The van der Waals surface area contributed by atoms with Crippen LogP contribution in [0.5, 0.6) is 0 Å². The fourth-order valence-electron chi connectivity index (χ4n) is 3.39. The average molecular weight is 359 g/mol.